The molecule has 0 unspecified atom stereocenters. The predicted octanol–water partition coefficient (Wildman–Crippen LogP) is 1.94. The van der Waals surface area contributed by atoms with Gasteiger partial charge in [-0.3, -0.25) is 4.79 Å². The largest absolute Gasteiger partial charge is 0.573 e. The molecule has 1 rings (SSSR count). The van der Waals surface area contributed by atoms with Crippen molar-refractivity contribution in [3.05, 3.63) is 29.8 Å². The number of halogens is 3. The number of ether oxygens (including phenoxy) is 3. The van der Waals surface area contributed by atoms with Crippen LogP contribution >= 0.6 is 0 Å². The van der Waals surface area contributed by atoms with Crippen molar-refractivity contribution in [1.82, 2.24) is 5.32 Å². The maximum Gasteiger partial charge on any atom is 0.573 e. The lowest BCUT2D eigenvalue weighted by Gasteiger charge is -2.09. The number of methoxy groups -OCH3 is 1. The molecule has 0 atom stereocenters. The van der Waals surface area contributed by atoms with Crippen LogP contribution < -0.4 is 10.1 Å². The highest BCUT2D eigenvalue weighted by atomic mass is 19.4. The van der Waals surface area contributed by atoms with Crippen LogP contribution in [-0.2, 0) is 9.47 Å². The van der Waals surface area contributed by atoms with E-state index < -0.39 is 12.3 Å². The zero-order valence-corrected chi connectivity index (χ0v) is 10.7. The van der Waals surface area contributed by atoms with E-state index in [-0.39, 0.29) is 18.0 Å². The van der Waals surface area contributed by atoms with Crippen LogP contribution in [0.4, 0.5) is 13.2 Å². The number of alkyl halides is 3. The maximum atomic E-state index is 11.9. The number of carbonyl (C=O) groups excluding carboxylic acids is 1. The van der Waals surface area contributed by atoms with Crippen molar-refractivity contribution in [2.24, 2.45) is 0 Å². The number of amides is 1. The van der Waals surface area contributed by atoms with E-state index in [0.717, 1.165) is 12.1 Å². The minimum Gasteiger partial charge on any atom is -0.406 e. The predicted molar refractivity (Wildman–Crippen MR) is 63.3 cm³/mol. The second-order valence-electron chi connectivity index (χ2n) is 3.62. The highest BCUT2D eigenvalue weighted by Crippen LogP contribution is 2.22. The Morgan fingerprint density at radius 1 is 1.20 bits per heavy atom. The summed E-state index contributed by atoms with van der Waals surface area (Å²) in [5.41, 5.74) is 0.204. The van der Waals surface area contributed by atoms with E-state index in [4.69, 9.17) is 9.47 Å². The number of nitrogens with one attached hydrogen (secondary N) is 1. The van der Waals surface area contributed by atoms with E-state index in [2.05, 4.69) is 10.1 Å². The summed E-state index contributed by atoms with van der Waals surface area (Å²) in [6.07, 6.45) is -4.75. The van der Waals surface area contributed by atoms with Gasteiger partial charge >= 0.3 is 6.36 Å². The average Bonchev–Trinajstić information content (AvgIpc) is 2.37. The maximum absolute atomic E-state index is 11.9. The van der Waals surface area contributed by atoms with Crippen molar-refractivity contribution in [1.29, 1.82) is 0 Å². The van der Waals surface area contributed by atoms with Gasteiger partial charge in [0.2, 0.25) is 0 Å². The molecular weight excluding hydrogens is 279 g/mol. The Bertz CT molecular complexity index is 420. The first-order valence-electron chi connectivity index (χ1n) is 5.63. The zero-order valence-electron chi connectivity index (χ0n) is 10.7. The van der Waals surface area contributed by atoms with E-state index in [1.807, 2.05) is 0 Å². The average molecular weight is 293 g/mol. The molecular formula is C12H14F3NO4. The molecule has 0 fully saturated rings. The molecule has 0 aliphatic rings. The van der Waals surface area contributed by atoms with Crippen molar-refractivity contribution in [2.75, 3.05) is 27.1 Å². The molecule has 0 aliphatic heterocycles. The van der Waals surface area contributed by atoms with Crippen molar-refractivity contribution in [3.8, 4) is 5.75 Å². The first kappa shape index (κ1) is 16.3. The van der Waals surface area contributed by atoms with Gasteiger partial charge in [-0.05, 0) is 24.3 Å². The smallest absolute Gasteiger partial charge is 0.406 e. The second-order valence-corrected chi connectivity index (χ2v) is 3.62. The SMILES string of the molecule is COCCOCNC(=O)c1ccc(OC(F)(F)F)cc1. The minimum atomic E-state index is -4.75. The molecule has 5 nitrogen and oxygen atoms in total. The fourth-order valence-corrected chi connectivity index (χ4v) is 1.24. The standard InChI is InChI=1S/C12H14F3NO4/c1-18-6-7-19-8-16-11(17)9-2-4-10(5-3-9)20-12(13,14)15/h2-5H,6-8H2,1H3,(H,16,17). The molecule has 1 aromatic carbocycles. The van der Waals surface area contributed by atoms with Crippen LogP contribution in [0.3, 0.4) is 0 Å². The summed E-state index contributed by atoms with van der Waals surface area (Å²) < 4.78 is 49.3. The molecule has 0 aliphatic carbocycles. The first-order valence-corrected chi connectivity index (χ1v) is 5.63. The molecule has 8 heteroatoms. The summed E-state index contributed by atoms with van der Waals surface area (Å²) >= 11 is 0. The molecule has 0 heterocycles. The van der Waals surface area contributed by atoms with E-state index in [0.29, 0.717) is 13.2 Å². The molecule has 112 valence electrons. The fourth-order valence-electron chi connectivity index (χ4n) is 1.24. The van der Waals surface area contributed by atoms with Gasteiger partial charge in [-0.25, -0.2) is 0 Å². The lowest BCUT2D eigenvalue weighted by Crippen LogP contribution is -2.26. The topological polar surface area (TPSA) is 56.8 Å². The Morgan fingerprint density at radius 2 is 1.85 bits per heavy atom. The van der Waals surface area contributed by atoms with Crippen LogP contribution in [0.25, 0.3) is 0 Å². The van der Waals surface area contributed by atoms with Gasteiger partial charge in [0.25, 0.3) is 5.91 Å². The van der Waals surface area contributed by atoms with Gasteiger partial charge in [0.05, 0.1) is 13.2 Å². The molecule has 1 amide bonds. The summed E-state index contributed by atoms with van der Waals surface area (Å²) in [7, 11) is 1.52. The van der Waals surface area contributed by atoms with Crippen LogP contribution in [0, 0.1) is 0 Å². The fraction of sp³-hybridized carbons (Fsp3) is 0.417. The third-order valence-electron chi connectivity index (χ3n) is 2.12. The summed E-state index contributed by atoms with van der Waals surface area (Å²) in [5, 5.41) is 2.45. The van der Waals surface area contributed by atoms with Crippen molar-refractivity contribution < 1.29 is 32.2 Å². The first-order chi connectivity index (χ1) is 9.42. The normalized spacial score (nSPS) is 11.2. The van der Waals surface area contributed by atoms with Crippen LogP contribution in [0.2, 0.25) is 0 Å². The van der Waals surface area contributed by atoms with Crippen molar-refractivity contribution in [3.63, 3.8) is 0 Å². The van der Waals surface area contributed by atoms with E-state index >= 15 is 0 Å². The molecule has 1 aromatic rings. The molecule has 20 heavy (non-hydrogen) atoms. The van der Waals surface area contributed by atoms with Crippen LogP contribution in [0.15, 0.2) is 24.3 Å². The van der Waals surface area contributed by atoms with Gasteiger partial charge in [-0.15, -0.1) is 13.2 Å². The third-order valence-corrected chi connectivity index (χ3v) is 2.12. The summed E-state index contributed by atoms with van der Waals surface area (Å²) in [6, 6.07) is 4.58. The minimum absolute atomic E-state index is 0.0109. The van der Waals surface area contributed by atoms with Crippen LogP contribution in [-0.4, -0.2) is 39.3 Å². The summed E-state index contributed by atoms with van der Waals surface area (Å²) in [6.45, 7) is 0.720. The van der Waals surface area contributed by atoms with Gasteiger partial charge in [0.15, 0.2) is 0 Å². The monoisotopic (exact) mass is 293 g/mol. The Morgan fingerprint density at radius 3 is 2.40 bits per heavy atom. The quantitative estimate of drug-likeness (QED) is 0.616. The van der Waals surface area contributed by atoms with Crippen molar-refractivity contribution >= 4 is 5.91 Å². The molecule has 0 bridgehead atoms. The molecule has 1 N–H and O–H groups in total. The molecule has 0 aromatic heterocycles. The molecule has 0 radical (unpaired) electrons. The van der Waals surface area contributed by atoms with Gasteiger partial charge in [0.1, 0.15) is 12.5 Å². The lowest BCUT2D eigenvalue weighted by atomic mass is 10.2. The molecule has 0 saturated heterocycles. The van der Waals surface area contributed by atoms with Gasteiger partial charge in [0, 0.05) is 12.7 Å². The van der Waals surface area contributed by atoms with Gasteiger partial charge in [-0.2, -0.15) is 0 Å². The molecule has 0 spiro atoms. The Labute approximate surface area is 113 Å². The second kappa shape index (κ2) is 7.71. The van der Waals surface area contributed by atoms with E-state index in [9.17, 15) is 18.0 Å². The third kappa shape index (κ3) is 6.39. The van der Waals surface area contributed by atoms with Gasteiger partial charge < -0.3 is 19.5 Å². The van der Waals surface area contributed by atoms with Crippen LogP contribution in [0.5, 0.6) is 5.75 Å². The number of carbonyl (C=O) groups is 1. The summed E-state index contributed by atoms with van der Waals surface area (Å²) in [5.74, 6) is -0.841. The number of hydrogen-bond donors (Lipinski definition) is 1. The number of benzene rings is 1. The van der Waals surface area contributed by atoms with E-state index in [1.54, 1.807) is 0 Å². The number of hydrogen-bond acceptors (Lipinski definition) is 4. The van der Waals surface area contributed by atoms with Gasteiger partial charge in [-0.1, -0.05) is 0 Å². The Balaban J connectivity index is 2.41. The molecule has 0 saturated carbocycles. The number of rotatable bonds is 7. The van der Waals surface area contributed by atoms with E-state index in [1.165, 1.54) is 19.2 Å². The highest BCUT2D eigenvalue weighted by molar-refractivity contribution is 5.94. The summed E-state index contributed by atoms with van der Waals surface area (Å²) in [4.78, 5) is 11.6. The Kier molecular flexibility index (Phi) is 6.26. The van der Waals surface area contributed by atoms with Crippen molar-refractivity contribution in [2.45, 2.75) is 6.36 Å². The van der Waals surface area contributed by atoms with Crippen LogP contribution in [0.1, 0.15) is 10.4 Å². The Hall–Kier alpha value is -1.80. The lowest BCUT2D eigenvalue weighted by molar-refractivity contribution is -0.274. The highest BCUT2D eigenvalue weighted by Gasteiger charge is 2.31. The zero-order chi connectivity index (χ0) is 15.0.